The molecule has 0 aromatic carbocycles. The summed E-state index contributed by atoms with van der Waals surface area (Å²) in [7, 11) is -0.916. The molecule has 1 aromatic heterocycles. The van der Waals surface area contributed by atoms with Gasteiger partial charge in [0.05, 0.1) is 32.6 Å². The van der Waals surface area contributed by atoms with Crippen LogP contribution in [0.1, 0.15) is 18.7 Å². The van der Waals surface area contributed by atoms with Gasteiger partial charge < -0.3 is 23.9 Å². The van der Waals surface area contributed by atoms with E-state index in [1.165, 1.54) is 10.8 Å². The van der Waals surface area contributed by atoms with Gasteiger partial charge in [-0.2, -0.15) is 0 Å². The molecule has 1 aliphatic rings. The monoisotopic (exact) mass is 404 g/mol. The minimum Gasteiger partial charge on any atom is -0.390 e. The van der Waals surface area contributed by atoms with E-state index < -0.39 is 42.9 Å². The maximum atomic E-state index is 12.3. The van der Waals surface area contributed by atoms with Crippen molar-refractivity contribution in [3.8, 4) is 0 Å². The largest absolute Gasteiger partial charge is 0.390 e. The zero-order valence-electron chi connectivity index (χ0n) is 16.4. The molecule has 0 radical (unpaired) electrons. The number of nitrogens with one attached hydrogen (secondary N) is 1. The molecule has 0 aliphatic carbocycles. The Balaban J connectivity index is 2.35. The van der Waals surface area contributed by atoms with E-state index in [2.05, 4.69) is 4.98 Å². The molecule has 5 atom stereocenters. The third kappa shape index (κ3) is 5.39. The summed E-state index contributed by atoms with van der Waals surface area (Å²) < 4.78 is 30.3. The molecule has 1 aromatic rings. The van der Waals surface area contributed by atoms with Crippen molar-refractivity contribution in [1.82, 2.24) is 9.55 Å². The van der Waals surface area contributed by atoms with E-state index in [9.17, 15) is 19.3 Å². The lowest BCUT2D eigenvalue weighted by molar-refractivity contribution is -0.0898. The summed E-state index contributed by atoms with van der Waals surface area (Å²) in [6, 6.07) is 0. The number of rotatable bonds is 8. The van der Waals surface area contributed by atoms with Gasteiger partial charge in [0.15, 0.2) is 6.23 Å². The second-order valence-corrected chi connectivity index (χ2v) is 11.0. The molecule has 0 spiro atoms. The second kappa shape index (κ2) is 8.84. The van der Waals surface area contributed by atoms with Crippen LogP contribution < -0.4 is 11.2 Å². The van der Waals surface area contributed by atoms with Crippen LogP contribution in [0.15, 0.2) is 15.8 Å². The van der Waals surface area contributed by atoms with Gasteiger partial charge in [-0.3, -0.25) is 14.3 Å². The molecule has 0 saturated carbocycles. The van der Waals surface area contributed by atoms with Crippen LogP contribution in [-0.4, -0.2) is 72.8 Å². The van der Waals surface area contributed by atoms with Crippen molar-refractivity contribution in [1.29, 1.82) is 0 Å². The molecule has 0 bridgehead atoms. The maximum Gasteiger partial charge on any atom is 0.330 e. The second-order valence-electron chi connectivity index (χ2n) is 7.48. The highest BCUT2D eigenvalue weighted by molar-refractivity contribution is 7.62. The highest BCUT2D eigenvalue weighted by Crippen LogP contribution is 2.42. The first-order chi connectivity index (χ1) is 12.5. The van der Waals surface area contributed by atoms with Gasteiger partial charge in [0.25, 0.3) is 5.56 Å². The van der Waals surface area contributed by atoms with Crippen molar-refractivity contribution in [2.45, 2.75) is 38.4 Å². The van der Waals surface area contributed by atoms with E-state index in [4.69, 9.17) is 14.2 Å². The maximum absolute atomic E-state index is 12.3. The van der Waals surface area contributed by atoms with Gasteiger partial charge in [-0.25, -0.2) is 4.79 Å². The number of nitrogens with zero attached hydrogens (tertiary/aromatic N) is 1. The van der Waals surface area contributed by atoms with Gasteiger partial charge in [0.2, 0.25) is 0 Å². The number of aliphatic hydroxyl groups is 1. The number of aliphatic hydroxyl groups excluding tert-OH is 1. The summed E-state index contributed by atoms with van der Waals surface area (Å²) in [6.45, 7) is 7.30. The Morgan fingerprint density at radius 3 is 2.63 bits per heavy atom. The Hall–Kier alpha value is -1.25. The highest BCUT2D eigenvalue weighted by atomic mass is 31.2. The third-order valence-electron chi connectivity index (χ3n) is 4.64. The summed E-state index contributed by atoms with van der Waals surface area (Å²) >= 11 is 0. The first kappa shape index (κ1) is 22.0. The molecule has 2 N–H and O–H groups in total. The third-order valence-corrected chi connectivity index (χ3v) is 5.89. The Morgan fingerprint density at radius 2 is 2.04 bits per heavy atom. The molecular formula is C17H29N2O7P. The molecule has 2 heterocycles. The number of ether oxygens (including phenoxy) is 3. The predicted molar refractivity (Wildman–Crippen MR) is 101 cm³/mol. The van der Waals surface area contributed by atoms with Crippen molar-refractivity contribution in [3.05, 3.63) is 32.6 Å². The summed E-state index contributed by atoms with van der Waals surface area (Å²) in [4.78, 5) is 26.2. The normalized spacial score (nSPS) is 27.0. The number of methoxy groups -OCH3 is 1. The Labute approximate surface area is 158 Å². The van der Waals surface area contributed by atoms with Gasteiger partial charge >= 0.3 is 5.69 Å². The summed E-state index contributed by atoms with van der Waals surface area (Å²) in [6.07, 6.45) is -1.46. The predicted octanol–water partition coefficient (Wildman–Crippen LogP) is 0.394. The van der Waals surface area contributed by atoms with Crippen LogP contribution in [0.5, 0.6) is 0 Å². The smallest absolute Gasteiger partial charge is 0.330 e. The Bertz CT molecular complexity index is 799. The van der Waals surface area contributed by atoms with Gasteiger partial charge in [0.1, 0.15) is 6.10 Å². The average molecular weight is 404 g/mol. The van der Waals surface area contributed by atoms with E-state index >= 15 is 0 Å². The van der Waals surface area contributed by atoms with Crippen LogP contribution in [0.3, 0.4) is 0 Å². The summed E-state index contributed by atoms with van der Waals surface area (Å²) in [5, 5.41) is 10.6. The van der Waals surface area contributed by atoms with Crippen molar-refractivity contribution < 1.29 is 23.9 Å². The lowest BCUT2D eigenvalue weighted by Gasteiger charge is -2.24. The standard InChI is InChI=1S/C17H29N2O7P/c1-10-8-19(17(22)18-15(10)21)16-14(25-7-6-24-3)11(2)13(26-16)12(20)9-27(4,5)23/h8,11-14,16,20H,6-7,9H2,1-5H3,(H,18,21,22)/t11-,12-,13+,14-,16-/m1/s1. The fourth-order valence-electron chi connectivity index (χ4n) is 3.31. The average Bonchev–Trinajstić information content (AvgIpc) is 2.87. The van der Waals surface area contributed by atoms with Gasteiger partial charge in [-0.1, -0.05) is 6.92 Å². The number of aryl methyl sites for hydroxylation is 1. The number of aromatic nitrogens is 2. The highest BCUT2D eigenvalue weighted by Gasteiger charge is 2.47. The molecule has 0 amide bonds. The topological polar surface area (TPSA) is 120 Å². The summed E-state index contributed by atoms with van der Waals surface area (Å²) in [5.74, 6) is -0.271. The number of aromatic amines is 1. The molecule has 10 heteroatoms. The lowest BCUT2D eigenvalue weighted by atomic mass is 9.97. The first-order valence-corrected chi connectivity index (χ1v) is 11.6. The molecule has 9 nitrogen and oxygen atoms in total. The van der Waals surface area contributed by atoms with Crippen LogP contribution in [0.25, 0.3) is 0 Å². The minimum atomic E-state index is -2.47. The first-order valence-electron chi connectivity index (χ1n) is 8.85. The van der Waals surface area contributed by atoms with Crippen LogP contribution in [0.2, 0.25) is 0 Å². The lowest BCUT2D eigenvalue weighted by Crippen LogP contribution is -2.38. The fraction of sp³-hybridized carbons (Fsp3) is 0.765. The zero-order chi connectivity index (χ0) is 20.4. The molecule has 154 valence electrons. The van der Waals surface area contributed by atoms with E-state index in [0.29, 0.717) is 12.2 Å². The molecule has 1 fully saturated rings. The molecule has 1 saturated heterocycles. The van der Waals surface area contributed by atoms with E-state index in [-0.39, 0.29) is 18.7 Å². The molecule has 27 heavy (non-hydrogen) atoms. The molecule has 2 rings (SSSR count). The quantitative estimate of drug-likeness (QED) is 0.475. The van der Waals surface area contributed by atoms with Crippen LogP contribution in [0.4, 0.5) is 0 Å². The van der Waals surface area contributed by atoms with Gasteiger partial charge in [-0.05, 0) is 20.3 Å². The van der Waals surface area contributed by atoms with Gasteiger partial charge in [0, 0.05) is 30.9 Å². The molecular weight excluding hydrogens is 375 g/mol. The Morgan fingerprint density at radius 1 is 1.37 bits per heavy atom. The minimum absolute atomic E-state index is 0.110. The molecule has 1 aliphatic heterocycles. The van der Waals surface area contributed by atoms with Crippen molar-refractivity contribution >= 4 is 7.14 Å². The van der Waals surface area contributed by atoms with E-state index in [0.717, 1.165) is 0 Å². The number of H-pyrrole nitrogens is 1. The number of hydrogen-bond donors (Lipinski definition) is 2. The van der Waals surface area contributed by atoms with Gasteiger partial charge in [-0.15, -0.1) is 0 Å². The van der Waals surface area contributed by atoms with Crippen LogP contribution in [-0.2, 0) is 18.8 Å². The zero-order valence-corrected chi connectivity index (χ0v) is 17.3. The van der Waals surface area contributed by atoms with Crippen LogP contribution in [0, 0.1) is 12.8 Å². The summed E-state index contributed by atoms with van der Waals surface area (Å²) in [5.41, 5.74) is -0.722. The van der Waals surface area contributed by atoms with Crippen molar-refractivity contribution in [2.24, 2.45) is 5.92 Å². The Kier molecular flexibility index (Phi) is 7.21. The van der Waals surface area contributed by atoms with Crippen LogP contribution >= 0.6 is 7.14 Å². The van der Waals surface area contributed by atoms with Crippen molar-refractivity contribution in [2.75, 3.05) is 39.8 Å². The molecule has 0 unspecified atom stereocenters. The van der Waals surface area contributed by atoms with E-state index in [1.54, 1.807) is 27.4 Å². The van der Waals surface area contributed by atoms with Crippen molar-refractivity contribution in [3.63, 3.8) is 0 Å². The number of hydrogen-bond acceptors (Lipinski definition) is 7. The SMILES string of the molecule is COCCO[C@@H]1[C@H](C)[C@@H]([C@H](O)CP(C)(C)=O)O[C@H]1n1cc(C)c(=O)[nH]c1=O. The fourth-order valence-corrected chi connectivity index (χ4v) is 4.41. The van der Waals surface area contributed by atoms with E-state index in [1.807, 2.05) is 6.92 Å².